The van der Waals surface area contributed by atoms with Gasteiger partial charge < -0.3 is 9.30 Å². The zero-order valence-electron chi connectivity index (χ0n) is 14.2. The summed E-state index contributed by atoms with van der Waals surface area (Å²) in [6.45, 7) is 7.63. The van der Waals surface area contributed by atoms with Crippen molar-refractivity contribution in [2.45, 2.75) is 52.2 Å². The van der Waals surface area contributed by atoms with Gasteiger partial charge in [-0.25, -0.2) is 0 Å². The van der Waals surface area contributed by atoms with E-state index >= 15 is 0 Å². The van der Waals surface area contributed by atoms with E-state index in [1.54, 1.807) is 0 Å². The van der Waals surface area contributed by atoms with Gasteiger partial charge in [0, 0.05) is 30.4 Å². The van der Waals surface area contributed by atoms with Gasteiger partial charge in [0.2, 0.25) is 0 Å². The molecule has 1 aromatic carbocycles. The number of aryl methyl sites for hydroxylation is 1. The van der Waals surface area contributed by atoms with Crippen molar-refractivity contribution in [1.29, 1.82) is 0 Å². The van der Waals surface area contributed by atoms with Crippen LogP contribution in [0.4, 0.5) is 0 Å². The first-order valence-corrected chi connectivity index (χ1v) is 8.44. The van der Waals surface area contributed by atoms with E-state index in [2.05, 4.69) is 35.0 Å². The number of ketones is 1. The van der Waals surface area contributed by atoms with Gasteiger partial charge >= 0.3 is 0 Å². The molecule has 0 aliphatic heterocycles. The third-order valence-corrected chi connectivity index (χ3v) is 4.58. The van der Waals surface area contributed by atoms with Gasteiger partial charge in [0.15, 0.2) is 5.78 Å². The van der Waals surface area contributed by atoms with Gasteiger partial charge in [-0.05, 0) is 44.2 Å². The maximum absolute atomic E-state index is 12.6. The highest BCUT2D eigenvalue weighted by molar-refractivity contribution is 6.00. The molecule has 1 heterocycles. The summed E-state index contributed by atoms with van der Waals surface area (Å²) in [7, 11) is 0. The van der Waals surface area contributed by atoms with Crippen LogP contribution in [0, 0.1) is 6.92 Å². The van der Waals surface area contributed by atoms with Crippen molar-refractivity contribution in [2.75, 3.05) is 6.61 Å². The molecule has 3 heteroatoms. The molecule has 0 radical (unpaired) electrons. The summed E-state index contributed by atoms with van der Waals surface area (Å²) in [6, 6.07) is 10.4. The standard InChI is InChI=1S/C20H25NO2/c1-14(2)23-10-9-21-13-15(3)20-18(21)11-17(12-19(20)22)16-7-5-4-6-8-16/h4-8,13-14,17H,9-12H2,1-3H3. The Balaban J connectivity index is 1.85. The molecule has 0 bridgehead atoms. The third-order valence-electron chi connectivity index (χ3n) is 4.58. The molecule has 1 aliphatic carbocycles. The Labute approximate surface area is 138 Å². The summed E-state index contributed by atoms with van der Waals surface area (Å²) >= 11 is 0. The third kappa shape index (κ3) is 3.40. The number of benzene rings is 1. The summed E-state index contributed by atoms with van der Waals surface area (Å²) in [5.41, 5.74) is 4.48. The summed E-state index contributed by atoms with van der Waals surface area (Å²) in [4.78, 5) is 12.6. The van der Waals surface area contributed by atoms with Crippen molar-refractivity contribution in [3.63, 3.8) is 0 Å². The summed E-state index contributed by atoms with van der Waals surface area (Å²) in [5.74, 6) is 0.566. The predicted molar refractivity (Wildman–Crippen MR) is 92.1 cm³/mol. The summed E-state index contributed by atoms with van der Waals surface area (Å²) in [5, 5.41) is 0. The Kier molecular flexibility index (Phi) is 4.67. The lowest BCUT2D eigenvalue weighted by atomic mass is 9.81. The van der Waals surface area contributed by atoms with E-state index < -0.39 is 0 Å². The van der Waals surface area contributed by atoms with Crippen LogP contribution < -0.4 is 0 Å². The minimum Gasteiger partial charge on any atom is -0.377 e. The summed E-state index contributed by atoms with van der Waals surface area (Å²) in [6.07, 6.45) is 3.89. The number of Topliss-reactive ketones (excluding diaryl/α,β-unsaturated/α-hetero) is 1. The predicted octanol–water partition coefficient (Wildman–Crippen LogP) is 4.13. The number of hydrogen-bond acceptors (Lipinski definition) is 2. The van der Waals surface area contributed by atoms with Crippen molar-refractivity contribution in [1.82, 2.24) is 4.57 Å². The Morgan fingerprint density at radius 3 is 2.65 bits per heavy atom. The zero-order chi connectivity index (χ0) is 16.4. The van der Waals surface area contributed by atoms with Gasteiger partial charge in [0.05, 0.1) is 12.7 Å². The molecule has 23 heavy (non-hydrogen) atoms. The van der Waals surface area contributed by atoms with Crippen LogP contribution in [0.3, 0.4) is 0 Å². The molecule has 0 saturated heterocycles. The number of carbonyl (C=O) groups is 1. The molecule has 1 unspecified atom stereocenters. The number of ether oxygens (including phenoxy) is 1. The lowest BCUT2D eigenvalue weighted by Crippen LogP contribution is -2.21. The average Bonchev–Trinajstić information content (AvgIpc) is 2.84. The smallest absolute Gasteiger partial charge is 0.165 e. The fourth-order valence-electron chi connectivity index (χ4n) is 3.53. The number of aromatic nitrogens is 1. The minimum atomic E-state index is 0.237. The number of nitrogens with zero attached hydrogens (tertiary/aromatic N) is 1. The summed E-state index contributed by atoms with van der Waals surface area (Å²) < 4.78 is 7.90. The van der Waals surface area contributed by atoms with Gasteiger partial charge in [-0.2, -0.15) is 0 Å². The molecule has 0 saturated carbocycles. The van der Waals surface area contributed by atoms with E-state index in [0.717, 1.165) is 24.1 Å². The fraction of sp³-hybridized carbons (Fsp3) is 0.450. The number of carbonyl (C=O) groups excluding carboxylic acids is 1. The van der Waals surface area contributed by atoms with Crippen LogP contribution in [0.1, 0.15) is 53.4 Å². The molecule has 3 nitrogen and oxygen atoms in total. The van der Waals surface area contributed by atoms with Crippen LogP contribution in [-0.2, 0) is 17.7 Å². The Morgan fingerprint density at radius 1 is 1.22 bits per heavy atom. The number of rotatable bonds is 5. The van der Waals surface area contributed by atoms with E-state index in [1.807, 2.05) is 26.8 Å². The van der Waals surface area contributed by atoms with Gasteiger partial charge in [-0.3, -0.25) is 4.79 Å². The Hall–Kier alpha value is -1.87. The second kappa shape index (κ2) is 6.71. The first kappa shape index (κ1) is 16.0. The lowest BCUT2D eigenvalue weighted by Gasteiger charge is -2.24. The van der Waals surface area contributed by atoms with Gasteiger partial charge in [0.1, 0.15) is 0 Å². The minimum absolute atomic E-state index is 0.237. The normalized spacial score (nSPS) is 17.6. The van der Waals surface area contributed by atoms with Crippen LogP contribution in [0.15, 0.2) is 36.5 Å². The molecule has 0 spiro atoms. The van der Waals surface area contributed by atoms with E-state index in [1.165, 1.54) is 11.3 Å². The maximum atomic E-state index is 12.6. The van der Waals surface area contributed by atoms with Gasteiger partial charge in [-0.1, -0.05) is 30.3 Å². The van der Waals surface area contributed by atoms with E-state index in [-0.39, 0.29) is 17.8 Å². The highest BCUT2D eigenvalue weighted by Crippen LogP contribution is 2.35. The maximum Gasteiger partial charge on any atom is 0.165 e. The molecule has 2 aromatic rings. The lowest BCUT2D eigenvalue weighted by molar-refractivity contribution is 0.0721. The first-order valence-electron chi connectivity index (χ1n) is 8.44. The monoisotopic (exact) mass is 311 g/mol. The molecule has 1 atom stereocenters. The fourth-order valence-corrected chi connectivity index (χ4v) is 3.53. The van der Waals surface area contributed by atoms with E-state index in [4.69, 9.17) is 4.74 Å². The zero-order valence-corrected chi connectivity index (χ0v) is 14.2. The molecular weight excluding hydrogens is 286 g/mol. The van der Waals surface area contributed by atoms with Crippen LogP contribution >= 0.6 is 0 Å². The van der Waals surface area contributed by atoms with Crippen LogP contribution in [-0.4, -0.2) is 23.1 Å². The molecule has 1 aromatic heterocycles. The second-order valence-corrected chi connectivity index (χ2v) is 6.69. The molecular formula is C20H25NO2. The second-order valence-electron chi connectivity index (χ2n) is 6.69. The van der Waals surface area contributed by atoms with Gasteiger partial charge in [-0.15, -0.1) is 0 Å². The SMILES string of the molecule is Cc1cn(CCOC(C)C)c2c1C(=O)CC(c1ccccc1)C2. The van der Waals surface area contributed by atoms with Crippen molar-refractivity contribution in [3.05, 3.63) is 58.9 Å². The van der Waals surface area contributed by atoms with Crippen molar-refractivity contribution in [3.8, 4) is 0 Å². The topological polar surface area (TPSA) is 31.2 Å². The largest absolute Gasteiger partial charge is 0.377 e. The average molecular weight is 311 g/mol. The highest BCUT2D eigenvalue weighted by atomic mass is 16.5. The van der Waals surface area contributed by atoms with Gasteiger partial charge in [0.25, 0.3) is 0 Å². The molecule has 3 rings (SSSR count). The van der Waals surface area contributed by atoms with Crippen molar-refractivity contribution < 1.29 is 9.53 Å². The Morgan fingerprint density at radius 2 is 1.96 bits per heavy atom. The molecule has 0 amide bonds. The van der Waals surface area contributed by atoms with Crippen LogP contribution in [0.2, 0.25) is 0 Å². The molecule has 0 N–H and O–H groups in total. The molecule has 122 valence electrons. The van der Waals surface area contributed by atoms with E-state index in [0.29, 0.717) is 13.0 Å². The molecule has 1 aliphatic rings. The van der Waals surface area contributed by atoms with Crippen LogP contribution in [0.5, 0.6) is 0 Å². The Bertz CT molecular complexity index is 685. The molecule has 0 fully saturated rings. The van der Waals surface area contributed by atoms with Crippen molar-refractivity contribution in [2.24, 2.45) is 0 Å². The highest BCUT2D eigenvalue weighted by Gasteiger charge is 2.30. The van der Waals surface area contributed by atoms with Crippen molar-refractivity contribution >= 4 is 5.78 Å². The van der Waals surface area contributed by atoms with Crippen LogP contribution in [0.25, 0.3) is 0 Å². The number of hydrogen-bond donors (Lipinski definition) is 0. The first-order chi connectivity index (χ1) is 11.1. The quantitative estimate of drug-likeness (QED) is 0.831. The van der Waals surface area contributed by atoms with E-state index in [9.17, 15) is 4.79 Å². The number of fused-ring (bicyclic) bond motifs is 1.